The Morgan fingerprint density at radius 2 is 0.912 bits per heavy atom. The minimum atomic E-state index is 0.108. The van der Waals surface area contributed by atoms with Gasteiger partial charge in [0.1, 0.15) is 0 Å². The topological polar surface area (TPSA) is 12.9 Å². The molecule has 0 aliphatic heterocycles. The van der Waals surface area contributed by atoms with E-state index in [2.05, 4.69) is 130 Å². The van der Waals surface area contributed by atoms with Gasteiger partial charge in [-0.15, -0.1) is 0 Å². The molecule has 1 nitrogen and oxygen atoms in total. The molecule has 0 fully saturated rings. The number of rotatable bonds is 4. The molecule has 0 aliphatic rings. The Hall–Kier alpha value is -3.97. The fourth-order valence-electron chi connectivity index (χ4n) is 4.21. The molecule has 166 valence electrons. The van der Waals surface area contributed by atoms with Crippen LogP contribution >= 0.6 is 0 Å². The van der Waals surface area contributed by atoms with Crippen LogP contribution in [0.15, 0.2) is 121 Å². The van der Waals surface area contributed by atoms with Gasteiger partial charge >= 0.3 is 0 Å². The maximum atomic E-state index is 4.73. The lowest BCUT2D eigenvalue weighted by molar-refractivity contribution is 0.587. The highest BCUT2D eigenvalue weighted by Gasteiger charge is 2.14. The van der Waals surface area contributed by atoms with Crippen molar-refractivity contribution in [3.05, 3.63) is 127 Å². The van der Waals surface area contributed by atoms with Crippen molar-refractivity contribution in [1.29, 1.82) is 0 Å². The van der Waals surface area contributed by atoms with Gasteiger partial charge in [-0.25, -0.2) is 0 Å². The SMILES string of the molecule is CC(C)(C)c1ccc(-c2cccc(-c3ccc(-c4ccc(-c5ccccc5)cc4)cc3)c2)nc1. The number of pyridine rings is 1. The molecule has 5 rings (SSSR count). The summed E-state index contributed by atoms with van der Waals surface area (Å²) in [7, 11) is 0. The number of nitrogens with zero attached hydrogens (tertiary/aromatic N) is 1. The Bertz CT molecular complexity index is 1370. The predicted molar refractivity (Wildman–Crippen MR) is 145 cm³/mol. The first-order chi connectivity index (χ1) is 16.5. The summed E-state index contributed by atoms with van der Waals surface area (Å²) < 4.78 is 0. The van der Waals surface area contributed by atoms with Crippen molar-refractivity contribution in [2.24, 2.45) is 0 Å². The van der Waals surface area contributed by atoms with Crippen LogP contribution in [0.1, 0.15) is 26.3 Å². The second-order valence-electron chi connectivity index (χ2n) is 9.78. The molecule has 0 saturated carbocycles. The largest absolute Gasteiger partial charge is 0.256 e. The van der Waals surface area contributed by atoms with E-state index in [0.717, 1.165) is 11.3 Å². The van der Waals surface area contributed by atoms with E-state index in [4.69, 9.17) is 4.98 Å². The first-order valence-electron chi connectivity index (χ1n) is 11.8. The molecule has 0 N–H and O–H groups in total. The summed E-state index contributed by atoms with van der Waals surface area (Å²) in [5.41, 5.74) is 10.8. The average molecular weight is 440 g/mol. The molecule has 1 heterocycles. The fourth-order valence-corrected chi connectivity index (χ4v) is 4.21. The van der Waals surface area contributed by atoms with Crippen LogP contribution in [-0.4, -0.2) is 4.98 Å². The zero-order valence-electron chi connectivity index (χ0n) is 20.0. The average Bonchev–Trinajstić information content (AvgIpc) is 2.89. The van der Waals surface area contributed by atoms with Gasteiger partial charge in [-0.3, -0.25) is 4.98 Å². The molecule has 5 aromatic rings. The van der Waals surface area contributed by atoms with Crippen LogP contribution in [0.4, 0.5) is 0 Å². The molecular formula is C33H29N. The van der Waals surface area contributed by atoms with Crippen molar-refractivity contribution < 1.29 is 0 Å². The highest BCUT2D eigenvalue weighted by molar-refractivity contribution is 5.75. The van der Waals surface area contributed by atoms with Crippen LogP contribution in [0.2, 0.25) is 0 Å². The van der Waals surface area contributed by atoms with Gasteiger partial charge in [0, 0.05) is 11.8 Å². The van der Waals surface area contributed by atoms with Gasteiger partial charge in [-0.1, -0.05) is 124 Å². The first-order valence-corrected chi connectivity index (χ1v) is 11.8. The quantitative estimate of drug-likeness (QED) is 0.272. The van der Waals surface area contributed by atoms with E-state index in [0.29, 0.717) is 0 Å². The minimum absolute atomic E-state index is 0.108. The lowest BCUT2D eigenvalue weighted by atomic mass is 9.88. The molecule has 0 atom stereocenters. The Morgan fingerprint density at radius 3 is 1.41 bits per heavy atom. The molecule has 0 aliphatic carbocycles. The van der Waals surface area contributed by atoms with Gasteiger partial charge < -0.3 is 0 Å². The summed E-state index contributed by atoms with van der Waals surface area (Å²) in [5.74, 6) is 0. The number of hydrogen-bond acceptors (Lipinski definition) is 1. The second-order valence-corrected chi connectivity index (χ2v) is 9.78. The number of hydrogen-bond donors (Lipinski definition) is 0. The third-order valence-electron chi connectivity index (χ3n) is 6.33. The van der Waals surface area contributed by atoms with Crippen molar-refractivity contribution in [2.75, 3.05) is 0 Å². The van der Waals surface area contributed by atoms with Gasteiger partial charge in [0.2, 0.25) is 0 Å². The number of aromatic nitrogens is 1. The highest BCUT2D eigenvalue weighted by atomic mass is 14.7. The van der Waals surface area contributed by atoms with E-state index >= 15 is 0 Å². The third-order valence-corrected chi connectivity index (χ3v) is 6.33. The third kappa shape index (κ3) is 4.70. The molecule has 0 unspecified atom stereocenters. The first kappa shape index (κ1) is 21.9. The van der Waals surface area contributed by atoms with E-state index in [1.807, 2.05) is 12.3 Å². The lowest BCUT2D eigenvalue weighted by Crippen LogP contribution is -2.11. The zero-order chi connectivity index (χ0) is 23.5. The Kier molecular flexibility index (Phi) is 5.86. The summed E-state index contributed by atoms with van der Waals surface area (Å²) in [5, 5.41) is 0. The lowest BCUT2D eigenvalue weighted by Gasteiger charge is -2.18. The molecule has 1 aromatic heterocycles. The summed E-state index contributed by atoms with van der Waals surface area (Å²) in [6.45, 7) is 6.64. The molecule has 0 spiro atoms. The molecule has 4 aromatic carbocycles. The van der Waals surface area contributed by atoms with Gasteiger partial charge in [0.25, 0.3) is 0 Å². The molecule has 1 heteroatoms. The monoisotopic (exact) mass is 439 g/mol. The normalized spacial score (nSPS) is 11.4. The van der Waals surface area contributed by atoms with Crippen LogP contribution in [-0.2, 0) is 5.41 Å². The van der Waals surface area contributed by atoms with Crippen molar-refractivity contribution in [1.82, 2.24) is 4.98 Å². The van der Waals surface area contributed by atoms with E-state index in [-0.39, 0.29) is 5.41 Å². The summed E-state index contributed by atoms with van der Waals surface area (Å²) in [6.07, 6.45) is 2.00. The van der Waals surface area contributed by atoms with Crippen LogP contribution in [0.25, 0.3) is 44.6 Å². The summed E-state index contributed by atoms with van der Waals surface area (Å²) >= 11 is 0. The molecular weight excluding hydrogens is 410 g/mol. The number of benzene rings is 4. The van der Waals surface area contributed by atoms with Crippen molar-refractivity contribution in [2.45, 2.75) is 26.2 Å². The summed E-state index contributed by atoms with van der Waals surface area (Å²) in [4.78, 5) is 4.73. The van der Waals surface area contributed by atoms with Crippen molar-refractivity contribution >= 4 is 0 Å². The minimum Gasteiger partial charge on any atom is -0.256 e. The van der Waals surface area contributed by atoms with Crippen molar-refractivity contribution in [3.63, 3.8) is 0 Å². The summed E-state index contributed by atoms with van der Waals surface area (Å²) in [6, 6.07) is 41.0. The van der Waals surface area contributed by atoms with Gasteiger partial charge in [-0.05, 0) is 56.5 Å². The van der Waals surface area contributed by atoms with Crippen molar-refractivity contribution in [3.8, 4) is 44.6 Å². The van der Waals surface area contributed by atoms with Gasteiger partial charge in [-0.2, -0.15) is 0 Å². The van der Waals surface area contributed by atoms with E-state index in [9.17, 15) is 0 Å². The molecule has 0 saturated heterocycles. The Morgan fingerprint density at radius 1 is 0.441 bits per heavy atom. The van der Waals surface area contributed by atoms with Crippen LogP contribution in [0, 0.1) is 0 Å². The van der Waals surface area contributed by atoms with Crippen LogP contribution in [0.5, 0.6) is 0 Å². The predicted octanol–water partition coefficient (Wildman–Crippen LogP) is 9.05. The molecule has 0 bridgehead atoms. The highest BCUT2D eigenvalue weighted by Crippen LogP contribution is 2.30. The molecule has 0 radical (unpaired) electrons. The van der Waals surface area contributed by atoms with E-state index < -0.39 is 0 Å². The smallest absolute Gasteiger partial charge is 0.0702 e. The Labute approximate surface area is 202 Å². The van der Waals surface area contributed by atoms with E-state index in [1.54, 1.807) is 0 Å². The van der Waals surface area contributed by atoms with Crippen LogP contribution in [0.3, 0.4) is 0 Å². The standard InChI is InChI=1S/C33H29N/c1-33(2,3)31-20-21-32(34-23-31)30-11-7-10-29(22-30)28-18-16-27(17-19-28)26-14-12-25(13-15-26)24-8-5-4-6-9-24/h4-23H,1-3H3. The fraction of sp³-hybridized carbons (Fsp3) is 0.121. The maximum Gasteiger partial charge on any atom is 0.0702 e. The zero-order valence-corrected chi connectivity index (χ0v) is 20.0. The second kappa shape index (κ2) is 9.11. The molecule has 34 heavy (non-hydrogen) atoms. The van der Waals surface area contributed by atoms with Gasteiger partial charge in [0.05, 0.1) is 5.69 Å². The van der Waals surface area contributed by atoms with E-state index in [1.165, 1.54) is 38.9 Å². The maximum absolute atomic E-state index is 4.73. The van der Waals surface area contributed by atoms with Crippen LogP contribution < -0.4 is 0 Å². The van der Waals surface area contributed by atoms with Gasteiger partial charge in [0.15, 0.2) is 0 Å². The Balaban J connectivity index is 1.37. The molecule has 0 amide bonds.